The number of nitrogens with one attached hydrogen (secondary N) is 1. The summed E-state index contributed by atoms with van der Waals surface area (Å²) in [5, 5.41) is 3.16. The molecule has 90 valence electrons. The molecule has 17 heavy (non-hydrogen) atoms. The lowest BCUT2D eigenvalue weighted by molar-refractivity contribution is 0.797. The first-order valence-corrected chi connectivity index (χ1v) is 5.86. The summed E-state index contributed by atoms with van der Waals surface area (Å²) in [6.45, 7) is 5.07. The summed E-state index contributed by atoms with van der Waals surface area (Å²) in [5.41, 5.74) is 6.16. The Kier molecular flexibility index (Phi) is 3.29. The topological polar surface area (TPSA) is 29.9 Å². The first-order valence-electron chi connectivity index (χ1n) is 5.86. The first kappa shape index (κ1) is 11.9. The second-order valence-electron chi connectivity index (χ2n) is 4.50. The SMILES string of the molecule is CNCc1ncn(C)c1-c1ccc(C)cc1C. The van der Waals surface area contributed by atoms with Crippen molar-refractivity contribution < 1.29 is 0 Å². The van der Waals surface area contributed by atoms with Crippen molar-refractivity contribution in [3.8, 4) is 11.3 Å². The van der Waals surface area contributed by atoms with E-state index in [0.29, 0.717) is 0 Å². The van der Waals surface area contributed by atoms with E-state index in [0.717, 1.165) is 12.2 Å². The zero-order valence-corrected chi connectivity index (χ0v) is 10.9. The standard InChI is InChI=1S/C14H19N3/c1-10-5-6-12(11(2)7-10)14-13(8-15-3)16-9-17(14)4/h5-7,9,15H,8H2,1-4H3. The van der Waals surface area contributed by atoms with Gasteiger partial charge in [0.05, 0.1) is 17.7 Å². The number of hydrogen-bond acceptors (Lipinski definition) is 2. The van der Waals surface area contributed by atoms with Gasteiger partial charge in [-0.05, 0) is 26.5 Å². The van der Waals surface area contributed by atoms with E-state index < -0.39 is 0 Å². The molecule has 3 heteroatoms. The van der Waals surface area contributed by atoms with Crippen LogP contribution in [0.15, 0.2) is 24.5 Å². The molecule has 0 aliphatic heterocycles. The van der Waals surface area contributed by atoms with Gasteiger partial charge in [-0.15, -0.1) is 0 Å². The molecule has 0 bridgehead atoms. The van der Waals surface area contributed by atoms with Gasteiger partial charge in [-0.1, -0.05) is 23.8 Å². The highest BCUT2D eigenvalue weighted by atomic mass is 15.0. The highest BCUT2D eigenvalue weighted by molar-refractivity contribution is 5.66. The summed E-state index contributed by atoms with van der Waals surface area (Å²) in [4.78, 5) is 4.45. The molecule has 0 amide bonds. The number of benzene rings is 1. The van der Waals surface area contributed by atoms with Crippen molar-refractivity contribution in [2.45, 2.75) is 20.4 Å². The third kappa shape index (κ3) is 2.24. The Morgan fingerprint density at radius 3 is 2.71 bits per heavy atom. The molecule has 0 radical (unpaired) electrons. The zero-order valence-electron chi connectivity index (χ0n) is 10.9. The molecule has 0 aliphatic carbocycles. The molecule has 0 fully saturated rings. The maximum atomic E-state index is 4.45. The third-order valence-electron chi connectivity index (χ3n) is 2.99. The lowest BCUT2D eigenvalue weighted by Crippen LogP contribution is -2.07. The van der Waals surface area contributed by atoms with E-state index >= 15 is 0 Å². The van der Waals surface area contributed by atoms with Crippen LogP contribution < -0.4 is 5.32 Å². The Morgan fingerprint density at radius 2 is 2.06 bits per heavy atom. The molecule has 0 spiro atoms. The maximum absolute atomic E-state index is 4.45. The van der Waals surface area contributed by atoms with Crippen molar-refractivity contribution in [1.29, 1.82) is 0 Å². The minimum absolute atomic E-state index is 0.795. The van der Waals surface area contributed by atoms with Crippen LogP contribution in [0.1, 0.15) is 16.8 Å². The van der Waals surface area contributed by atoms with Crippen molar-refractivity contribution >= 4 is 0 Å². The summed E-state index contributed by atoms with van der Waals surface area (Å²) in [6, 6.07) is 6.55. The van der Waals surface area contributed by atoms with E-state index in [9.17, 15) is 0 Å². The smallest absolute Gasteiger partial charge is 0.0952 e. The maximum Gasteiger partial charge on any atom is 0.0952 e. The summed E-state index contributed by atoms with van der Waals surface area (Å²) in [5.74, 6) is 0. The molecule has 2 aromatic rings. The molecule has 1 N–H and O–H groups in total. The predicted molar refractivity (Wildman–Crippen MR) is 70.9 cm³/mol. The molecule has 0 saturated carbocycles. The van der Waals surface area contributed by atoms with Crippen LogP contribution in [0.5, 0.6) is 0 Å². The minimum atomic E-state index is 0.795. The monoisotopic (exact) mass is 229 g/mol. The van der Waals surface area contributed by atoms with Gasteiger partial charge < -0.3 is 9.88 Å². The van der Waals surface area contributed by atoms with Gasteiger partial charge in [0.2, 0.25) is 0 Å². The Balaban J connectivity index is 2.55. The van der Waals surface area contributed by atoms with Crippen LogP contribution >= 0.6 is 0 Å². The number of hydrogen-bond donors (Lipinski definition) is 1. The lowest BCUT2D eigenvalue weighted by Gasteiger charge is -2.10. The second kappa shape index (κ2) is 4.72. The van der Waals surface area contributed by atoms with E-state index in [-0.39, 0.29) is 0 Å². The van der Waals surface area contributed by atoms with Gasteiger partial charge in [0.25, 0.3) is 0 Å². The van der Waals surface area contributed by atoms with Gasteiger partial charge in [0.15, 0.2) is 0 Å². The number of aryl methyl sites for hydroxylation is 3. The van der Waals surface area contributed by atoms with E-state index in [2.05, 4.69) is 46.9 Å². The van der Waals surface area contributed by atoms with Crippen molar-refractivity contribution in [2.75, 3.05) is 7.05 Å². The van der Waals surface area contributed by atoms with Crippen LogP contribution in [0.2, 0.25) is 0 Å². The highest BCUT2D eigenvalue weighted by Gasteiger charge is 2.12. The van der Waals surface area contributed by atoms with E-state index in [1.807, 2.05) is 20.4 Å². The Bertz CT molecular complexity index is 526. The van der Waals surface area contributed by atoms with Gasteiger partial charge in [-0.2, -0.15) is 0 Å². The first-order chi connectivity index (χ1) is 8.13. The Labute approximate surface area is 103 Å². The molecule has 3 nitrogen and oxygen atoms in total. The third-order valence-corrected chi connectivity index (χ3v) is 2.99. The molecule has 0 saturated heterocycles. The Hall–Kier alpha value is -1.61. The van der Waals surface area contributed by atoms with E-state index in [1.165, 1.54) is 22.4 Å². The van der Waals surface area contributed by atoms with E-state index in [4.69, 9.17) is 0 Å². The van der Waals surface area contributed by atoms with Crippen molar-refractivity contribution in [1.82, 2.24) is 14.9 Å². The van der Waals surface area contributed by atoms with Gasteiger partial charge in [0, 0.05) is 19.2 Å². The number of nitrogens with zero attached hydrogens (tertiary/aromatic N) is 2. The Morgan fingerprint density at radius 1 is 1.29 bits per heavy atom. The average Bonchev–Trinajstić information content (AvgIpc) is 2.62. The van der Waals surface area contributed by atoms with E-state index in [1.54, 1.807) is 0 Å². The molecular weight excluding hydrogens is 210 g/mol. The molecule has 0 aliphatic rings. The predicted octanol–water partition coefficient (Wildman–Crippen LogP) is 2.42. The number of rotatable bonds is 3. The molecule has 0 unspecified atom stereocenters. The van der Waals surface area contributed by atoms with Crippen molar-refractivity contribution in [2.24, 2.45) is 7.05 Å². The lowest BCUT2D eigenvalue weighted by atomic mass is 10.0. The van der Waals surface area contributed by atoms with Crippen molar-refractivity contribution in [3.05, 3.63) is 41.3 Å². The fourth-order valence-electron chi connectivity index (χ4n) is 2.20. The molecule has 2 rings (SSSR count). The largest absolute Gasteiger partial charge is 0.333 e. The van der Waals surface area contributed by atoms with Gasteiger partial charge in [-0.25, -0.2) is 4.98 Å². The summed E-state index contributed by atoms with van der Waals surface area (Å²) in [7, 11) is 3.99. The van der Waals surface area contributed by atoms with Gasteiger partial charge in [-0.3, -0.25) is 0 Å². The molecule has 0 atom stereocenters. The number of imidazole rings is 1. The average molecular weight is 229 g/mol. The quantitative estimate of drug-likeness (QED) is 0.876. The van der Waals surface area contributed by atoms with Crippen molar-refractivity contribution in [3.63, 3.8) is 0 Å². The normalized spacial score (nSPS) is 10.8. The van der Waals surface area contributed by atoms with Crippen LogP contribution in [0.25, 0.3) is 11.3 Å². The molecular formula is C14H19N3. The number of aromatic nitrogens is 2. The summed E-state index contributed by atoms with van der Waals surface area (Å²) < 4.78 is 2.09. The summed E-state index contributed by atoms with van der Waals surface area (Å²) >= 11 is 0. The molecule has 1 aromatic carbocycles. The molecule has 1 aromatic heterocycles. The van der Waals surface area contributed by atoms with Crippen LogP contribution in [0.4, 0.5) is 0 Å². The fourth-order valence-corrected chi connectivity index (χ4v) is 2.20. The highest BCUT2D eigenvalue weighted by Crippen LogP contribution is 2.26. The molecule has 1 heterocycles. The van der Waals surface area contributed by atoms with Gasteiger partial charge >= 0.3 is 0 Å². The van der Waals surface area contributed by atoms with Gasteiger partial charge in [0.1, 0.15) is 0 Å². The zero-order chi connectivity index (χ0) is 12.4. The fraction of sp³-hybridized carbons (Fsp3) is 0.357. The minimum Gasteiger partial charge on any atom is -0.333 e. The van der Waals surface area contributed by atoms with Crippen LogP contribution in [0, 0.1) is 13.8 Å². The van der Waals surface area contributed by atoms with Crippen LogP contribution in [0.3, 0.4) is 0 Å². The summed E-state index contributed by atoms with van der Waals surface area (Å²) in [6.07, 6.45) is 1.88. The van der Waals surface area contributed by atoms with Crippen LogP contribution in [-0.4, -0.2) is 16.6 Å². The van der Waals surface area contributed by atoms with Crippen LogP contribution in [-0.2, 0) is 13.6 Å². The second-order valence-corrected chi connectivity index (χ2v) is 4.50.